The van der Waals surface area contributed by atoms with Crippen molar-refractivity contribution >= 4 is 17.8 Å². The van der Waals surface area contributed by atoms with Crippen LogP contribution in [-0.2, 0) is 16.1 Å². The van der Waals surface area contributed by atoms with Crippen LogP contribution < -0.4 is 0 Å². The molecule has 1 aliphatic heterocycles. The molecule has 1 saturated heterocycles. The van der Waals surface area contributed by atoms with Crippen LogP contribution in [0.15, 0.2) is 48.5 Å². The largest absolute Gasteiger partial charge is 0.473 e. The number of hydrogen-bond acceptors (Lipinski definition) is 4. The van der Waals surface area contributed by atoms with Crippen LogP contribution in [0, 0.1) is 11.6 Å². The Morgan fingerprint density at radius 2 is 1.48 bits per heavy atom. The van der Waals surface area contributed by atoms with E-state index in [4.69, 9.17) is 19.8 Å². The molecule has 9 heteroatoms. The normalized spacial score (nSPS) is 13.9. The number of carbonyl (C=O) groups is 3. The highest BCUT2D eigenvalue weighted by molar-refractivity contribution is 6.27. The average Bonchev–Trinajstić information content (AvgIpc) is 2.70. The van der Waals surface area contributed by atoms with Gasteiger partial charge in [0.05, 0.1) is 0 Å². The van der Waals surface area contributed by atoms with Crippen LogP contribution in [0.25, 0.3) is 0 Å². The Morgan fingerprint density at radius 3 is 2.03 bits per heavy atom. The van der Waals surface area contributed by atoms with Gasteiger partial charge in [0, 0.05) is 43.9 Å². The Morgan fingerprint density at radius 1 is 0.862 bits per heavy atom. The minimum atomic E-state index is -1.82. The lowest BCUT2D eigenvalue weighted by Gasteiger charge is -2.34. The number of hydrogen-bond donors (Lipinski definition) is 2. The number of halogens is 2. The van der Waals surface area contributed by atoms with E-state index < -0.39 is 17.8 Å². The number of amides is 1. The molecule has 0 aliphatic carbocycles. The van der Waals surface area contributed by atoms with Crippen LogP contribution in [0.1, 0.15) is 15.9 Å². The van der Waals surface area contributed by atoms with Crippen LogP contribution in [0.3, 0.4) is 0 Å². The SMILES string of the molecule is O=C(O)C(=O)O.O=C(c1cccc(F)c1)N1CCN(Cc2ccccc2F)CC1. The molecule has 1 amide bonds. The quantitative estimate of drug-likeness (QED) is 0.758. The first-order valence-corrected chi connectivity index (χ1v) is 8.74. The van der Waals surface area contributed by atoms with E-state index >= 15 is 0 Å². The number of carboxylic acid groups (broad SMARTS) is 2. The van der Waals surface area contributed by atoms with E-state index in [1.165, 1.54) is 24.3 Å². The van der Waals surface area contributed by atoms with Gasteiger partial charge in [-0.25, -0.2) is 18.4 Å². The molecule has 0 atom stereocenters. The minimum Gasteiger partial charge on any atom is -0.473 e. The van der Waals surface area contributed by atoms with Gasteiger partial charge in [-0.1, -0.05) is 24.3 Å². The first-order chi connectivity index (χ1) is 13.8. The van der Waals surface area contributed by atoms with E-state index in [9.17, 15) is 13.6 Å². The van der Waals surface area contributed by atoms with E-state index in [2.05, 4.69) is 4.90 Å². The zero-order chi connectivity index (χ0) is 21.4. The summed E-state index contributed by atoms with van der Waals surface area (Å²) in [5.41, 5.74) is 1.03. The number of rotatable bonds is 3. The molecule has 2 aromatic carbocycles. The third-order valence-electron chi connectivity index (χ3n) is 4.27. The molecule has 7 nitrogen and oxygen atoms in total. The monoisotopic (exact) mass is 406 g/mol. The van der Waals surface area contributed by atoms with Gasteiger partial charge in [-0.3, -0.25) is 9.69 Å². The maximum Gasteiger partial charge on any atom is 0.414 e. The molecule has 2 N–H and O–H groups in total. The molecule has 1 heterocycles. The van der Waals surface area contributed by atoms with Crippen molar-refractivity contribution in [2.75, 3.05) is 26.2 Å². The van der Waals surface area contributed by atoms with Crippen LogP contribution in [0.2, 0.25) is 0 Å². The topological polar surface area (TPSA) is 98.1 Å². The van der Waals surface area contributed by atoms with Crippen LogP contribution in [-0.4, -0.2) is 64.0 Å². The summed E-state index contributed by atoms with van der Waals surface area (Å²) in [6.07, 6.45) is 0. The Bertz CT molecular complexity index is 871. The highest BCUT2D eigenvalue weighted by Crippen LogP contribution is 2.14. The summed E-state index contributed by atoms with van der Waals surface area (Å²) in [6.45, 7) is 3.01. The average molecular weight is 406 g/mol. The third kappa shape index (κ3) is 6.65. The molecule has 0 bridgehead atoms. The highest BCUT2D eigenvalue weighted by atomic mass is 19.1. The second-order valence-electron chi connectivity index (χ2n) is 6.28. The van der Waals surface area contributed by atoms with Crippen molar-refractivity contribution in [2.45, 2.75) is 6.54 Å². The summed E-state index contributed by atoms with van der Waals surface area (Å²) in [7, 11) is 0. The molecule has 3 rings (SSSR count). The summed E-state index contributed by atoms with van der Waals surface area (Å²) < 4.78 is 26.9. The number of nitrogens with zero attached hydrogens (tertiary/aromatic N) is 2. The number of carboxylic acids is 2. The fourth-order valence-corrected chi connectivity index (χ4v) is 2.78. The van der Waals surface area contributed by atoms with E-state index in [0.717, 1.165) is 0 Å². The molecule has 2 aromatic rings. The van der Waals surface area contributed by atoms with Gasteiger partial charge in [0.2, 0.25) is 0 Å². The van der Waals surface area contributed by atoms with E-state index in [1.54, 1.807) is 23.1 Å². The summed E-state index contributed by atoms with van der Waals surface area (Å²) >= 11 is 0. The van der Waals surface area contributed by atoms with Crippen molar-refractivity contribution in [1.29, 1.82) is 0 Å². The number of benzene rings is 2. The first kappa shape index (κ1) is 22.0. The third-order valence-corrected chi connectivity index (χ3v) is 4.27. The van der Waals surface area contributed by atoms with Crippen molar-refractivity contribution in [3.05, 3.63) is 71.3 Å². The van der Waals surface area contributed by atoms with Gasteiger partial charge in [0.1, 0.15) is 11.6 Å². The Kier molecular flexibility index (Phi) is 7.79. The minimum absolute atomic E-state index is 0.157. The molecular weight excluding hydrogens is 386 g/mol. The molecule has 0 saturated carbocycles. The Labute approximate surface area is 165 Å². The molecule has 0 spiro atoms. The van der Waals surface area contributed by atoms with Gasteiger partial charge in [0.25, 0.3) is 5.91 Å². The summed E-state index contributed by atoms with van der Waals surface area (Å²) in [5, 5.41) is 14.8. The van der Waals surface area contributed by atoms with Crippen molar-refractivity contribution in [1.82, 2.24) is 9.80 Å². The molecule has 29 heavy (non-hydrogen) atoms. The van der Waals surface area contributed by atoms with Crippen LogP contribution in [0.4, 0.5) is 8.78 Å². The number of aliphatic carboxylic acids is 2. The van der Waals surface area contributed by atoms with Gasteiger partial charge in [0.15, 0.2) is 0 Å². The number of piperazine rings is 1. The van der Waals surface area contributed by atoms with Crippen molar-refractivity contribution in [3.63, 3.8) is 0 Å². The molecule has 1 fully saturated rings. The predicted molar refractivity (Wildman–Crippen MR) is 99.3 cm³/mol. The number of carbonyl (C=O) groups excluding carboxylic acids is 1. The van der Waals surface area contributed by atoms with Crippen molar-refractivity contribution in [3.8, 4) is 0 Å². The first-order valence-electron chi connectivity index (χ1n) is 8.74. The van der Waals surface area contributed by atoms with Gasteiger partial charge < -0.3 is 15.1 Å². The zero-order valence-corrected chi connectivity index (χ0v) is 15.4. The highest BCUT2D eigenvalue weighted by Gasteiger charge is 2.22. The lowest BCUT2D eigenvalue weighted by Crippen LogP contribution is -2.48. The Hall–Kier alpha value is -3.33. The van der Waals surface area contributed by atoms with Crippen molar-refractivity contribution in [2.24, 2.45) is 0 Å². The van der Waals surface area contributed by atoms with Gasteiger partial charge in [-0.15, -0.1) is 0 Å². The van der Waals surface area contributed by atoms with Crippen LogP contribution in [0.5, 0.6) is 0 Å². The van der Waals surface area contributed by atoms with Crippen LogP contribution >= 0.6 is 0 Å². The van der Waals surface area contributed by atoms with E-state index in [-0.39, 0.29) is 11.7 Å². The second kappa shape index (κ2) is 10.3. The predicted octanol–water partition coefficient (Wildman–Crippen LogP) is 2.08. The smallest absolute Gasteiger partial charge is 0.414 e. The maximum absolute atomic E-state index is 13.7. The van der Waals surface area contributed by atoms with Gasteiger partial charge in [-0.2, -0.15) is 0 Å². The van der Waals surface area contributed by atoms with Crippen molar-refractivity contribution < 1.29 is 33.4 Å². The van der Waals surface area contributed by atoms with E-state index in [1.807, 2.05) is 6.07 Å². The summed E-state index contributed by atoms with van der Waals surface area (Å²) in [5.74, 6) is -4.42. The molecule has 154 valence electrons. The fraction of sp³-hybridized carbons (Fsp3) is 0.250. The zero-order valence-electron chi connectivity index (χ0n) is 15.4. The molecular formula is C20H20F2N2O5. The second-order valence-corrected chi connectivity index (χ2v) is 6.28. The van der Waals surface area contributed by atoms with E-state index in [0.29, 0.717) is 43.9 Å². The molecule has 1 aliphatic rings. The lowest BCUT2D eigenvalue weighted by molar-refractivity contribution is -0.159. The van der Waals surface area contributed by atoms with Gasteiger partial charge in [-0.05, 0) is 24.3 Å². The Balaban J connectivity index is 0.000000438. The standard InChI is InChI=1S/C18H18F2N2O.C2H2O4/c19-16-6-3-5-14(12-16)18(23)22-10-8-21(9-11-22)13-15-4-1-2-7-17(15)20;3-1(4)2(5)6/h1-7,12H,8-11,13H2;(H,3,4)(H,5,6). The fourth-order valence-electron chi connectivity index (χ4n) is 2.78. The molecule has 0 aromatic heterocycles. The lowest BCUT2D eigenvalue weighted by atomic mass is 10.1. The molecule has 0 unspecified atom stereocenters. The summed E-state index contributed by atoms with van der Waals surface area (Å²) in [4.78, 5) is 34.4. The molecule has 0 radical (unpaired) electrons. The summed E-state index contributed by atoms with van der Waals surface area (Å²) in [6, 6.07) is 12.5. The van der Waals surface area contributed by atoms with Gasteiger partial charge >= 0.3 is 11.9 Å². The maximum atomic E-state index is 13.7.